The van der Waals surface area contributed by atoms with Crippen LogP contribution in [0.25, 0.3) is 11.0 Å². The molecule has 3 aromatic rings. The SMILES string of the molecule is Cc1ccccc1CNC(=O)NC(C)c1nc2ccccc2[nH]1. The van der Waals surface area contributed by atoms with Crippen molar-refractivity contribution in [3.63, 3.8) is 0 Å². The van der Waals surface area contributed by atoms with Crippen molar-refractivity contribution in [3.8, 4) is 0 Å². The van der Waals surface area contributed by atoms with Crippen molar-refractivity contribution in [2.75, 3.05) is 0 Å². The lowest BCUT2D eigenvalue weighted by Gasteiger charge is -2.13. The summed E-state index contributed by atoms with van der Waals surface area (Å²) in [5.74, 6) is 0.747. The van der Waals surface area contributed by atoms with Crippen LogP contribution in [0.5, 0.6) is 0 Å². The number of carbonyl (C=O) groups is 1. The van der Waals surface area contributed by atoms with Crippen molar-refractivity contribution in [1.82, 2.24) is 20.6 Å². The fraction of sp³-hybridized carbons (Fsp3) is 0.222. The number of hydrogen-bond acceptors (Lipinski definition) is 2. The third kappa shape index (κ3) is 3.51. The molecule has 0 fully saturated rings. The molecule has 0 aliphatic heterocycles. The minimum absolute atomic E-state index is 0.195. The average molecular weight is 308 g/mol. The number of amides is 2. The van der Waals surface area contributed by atoms with Gasteiger partial charge in [-0.15, -0.1) is 0 Å². The van der Waals surface area contributed by atoms with E-state index in [0.29, 0.717) is 6.54 Å². The third-order valence-electron chi connectivity index (χ3n) is 3.87. The smallest absolute Gasteiger partial charge is 0.315 e. The molecule has 0 saturated carbocycles. The molecule has 1 unspecified atom stereocenters. The van der Waals surface area contributed by atoms with Crippen LogP contribution in [-0.2, 0) is 6.54 Å². The maximum Gasteiger partial charge on any atom is 0.315 e. The third-order valence-corrected chi connectivity index (χ3v) is 3.87. The van der Waals surface area contributed by atoms with E-state index in [2.05, 4.69) is 20.6 Å². The number of hydrogen-bond donors (Lipinski definition) is 3. The number of aromatic nitrogens is 2. The van der Waals surface area contributed by atoms with E-state index in [9.17, 15) is 4.79 Å². The van der Waals surface area contributed by atoms with Crippen molar-refractivity contribution in [2.24, 2.45) is 0 Å². The topological polar surface area (TPSA) is 69.8 Å². The van der Waals surface area contributed by atoms with Gasteiger partial charge in [0.1, 0.15) is 5.82 Å². The number of nitrogens with zero attached hydrogens (tertiary/aromatic N) is 1. The zero-order valence-corrected chi connectivity index (χ0v) is 13.3. The Morgan fingerprint density at radius 1 is 1.17 bits per heavy atom. The minimum Gasteiger partial charge on any atom is -0.340 e. The quantitative estimate of drug-likeness (QED) is 0.691. The maximum atomic E-state index is 12.1. The fourth-order valence-electron chi connectivity index (χ4n) is 2.48. The summed E-state index contributed by atoms with van der Waals surface area (Å²) < 4.78 is 0. The summed E-state index contributed by atoms with van der Waals surface area (Å²) in [6, 6.07) is 15.4. The Morgan fingerprint density at radius 3 is 2.70 bits per heavy atom. The predicted octanol–water partition coefficient (Wildman–Crippen LogP) is 3.43. The summed E-state index contributed by atoms with van der Waals surface area (Å²) >= 11 is 0. The van der Waals surface area contributed by atoms with Gasteiger partial charge >= 0.3 is 6.03 Å². The van der Waals surface area contributed by atoms with Crippen LogP contribution in [0.15, 0.2) is 48.5 Å². The number of aryl methyl sites for hydroxylation is 1. The molecular formula is C18H20N4O. The van der Waals surface area contributed by atoms with Gasteiger partial charge in [-0.25, -0.2) is 9.78 Å². The average Bonchev–Trinajstić information content (AvgIpc) is 2.98. The van der Waals surface area contributed by atoms with Crippen LogP contribution in [0.1, 0.15) is 29.9 Å². The molecule has 118 valence electrons. The van der Waals surface area contributed by atoms with E-state index >= 15 is 0 Å². The number of imidazole rings is 1. The van der Waals surface area contributed by atoms with Crippen molar-refractivity contribution in [1.29, 1.82) is 0 Å². The molecule has 1 atom stereocenters. The van der Waals surface area contributed by atoms with Crippen molar-refractivity contribution in [2.45, 2.75) is 26.4 Å². The summed E-state index contributed by atoms with van der Waals surface area (Å²) in [6.07, 6.45) is 0. The molecule has 0 bridgehead atoms. The van der Waals surface area contributed by atoms with Crippen LogP contribution in [-0.4, -0.2) is 16.0 Å². The molecule has 0 aliphatic rings. The first-order chi connectivity index (χ1) is 11.1. The van der Waals surface area contributed by atoms with Gasteiger partial charge in [-0.2, -0.15) is 0 Å². The van der Waals surface area contributed by atoms with E-state index in [1.54, 1.807) is 0 Å². The number of para-hydroxylation sites is 2. The van der Waals surface area contributed by atoms with Crippen LogP contribution < -0.4 is 10.6 Å². The Bertz CT molecular complexity index is 792. The van der Waals surface area contributed by atoms with Gasteiger partial charge in [-0.05, 0) is 37.1 Å². The van der Waals surface area contributed by atoms with Crippen LogP contribution in [0.3, 0.4) is 0 Å². The first kappa shape index (κ1) is 15.1. The maximum absolute atomic E-state index is 12.1. The van der Waals surface area contributed by atoms with Gasteiger partial charge in [0, 0.05) is 6.54 Å². The first-order valence-corrected chi connectivity index (χ1v) is 7.67. The Morgan fingerprint density at radius 2 is 1.91 bits per heavy atom. The molecule has 3 N–H and O–H groups in total. The Labute approximate surface area is 135 Å². The molecule has 2 amide bonds. The molecule has 3 rings (SSSR count). The number of rotatable bonds is 4. The molecule has 0 spiro atoms. The number of fused-ring (bicyclic) bond motifs is 1. The largest absolute Gasteiger partial charge is 0.340 e. The number of aromatic amines is 1. The van der Waals surface area contributed by atoms with Gasteiger partial charge in [0.15, 0.2) is 0 Å². The zero-order valence-electron chi connectivity index (χ0n) is 13.3. The number of nitrogens with one attached hydrogen (secondary N) is 3. The van der Waals surface area contributed by atoms with Crippen molar-refractivity contribution in [3.05, 3.63) is 65.5 Å². The minimum atomic E-state index is -0.207. The lowest BCUT2D eigenvalue weighted by molar-refractivity contribution is 0.237. The summed E-state index contributed by atoms with van der Waals surface area (Å²) in [5, 5.41) is 5.79. The normalized spacial score (nSPS) is 12.1. The highest BCUT2D eigenvalue weighted by molar-refractivity contribution is 5.76. The number of H-pyrrole nitrogens is 1. The van der Waals surface area contributed by atoms with E-state index in [1.165, 1.54) is 0 Å². The van der Waals surface area contributed by atoms with E-state index in [4.69, 9.17) is 0 Å². The highest BCUT2D eigenvalue weighted by atomic mass is 16.2. The van der Waals surface area contributed by atoms with E-state index in [0.717, 1.165) is 28.0 Å². The molecule has 2 aromatic carbocycles. The second-order valence-corrected chi connectivity index (χ2v) is 5.61. The summed E-state index contributed by atoms with van der Waals surface area (Å²) in [7, 11) is 0. The summed E-state index contributed by atoms with van der Waals surface area (Å²) in [6.45, 7) is 4.45. The standard InChI is InChI=1S/C18H20N4O/c1-12-7-3-4-8-14(12)11-19-18(23)20-13(2)17-21-15-9-5-6-10-16(15)22-17/h3-10,13H,11H2,1-2H3,(H,21,22)(H2,19,20,23). The highest BCUT2D eigenvalue weighted by Gasteiger charge is 2.13. The Hall–Kier alpha value is -2.82. The van der Waals surface area contributed by atoms with Crippen molar-refractivity contribution >= 4 is 17.1 Å². The molecule has 0 saturated heterocycles. The van der Waals surface area contributed by atoms with Gasteiger partial charge in [-0.3, -0.25) is 0 Å². The lowest BCUT2D eigenvalue weighted by atomic mass is 10.1. The van der Waals surface area contributed by atoms with Gasteiger partial charge < -0.3 is 15.6 Å². The van der Waals surface area contributed by atoms with Crippen LogP contribution in [0.2, 0.25) is 0 Å². The monoisotopic (exact) mass is 308 g/mol. The second kappa shape index (κ2) is 6.52. The Balaban J connectivity index is 1.60. The molecule has 5 heteroatoms. The number of urea groups is 1. The molecule has 1 heterocycles. The first-order valence-electron chi connectivity index (χ1n) is 7.67. The van der Waals surface area contributed by atoms with Crippen LogP contribution in [0.4, 0.5) is 4.79 Å². The number of benzene rings is 2. The molecule has 1 aromatic heterocycles. The van der Waals surface area contributed by atoms with E-state index < -0.39 is 0 Å². The lowest BCUT2D eigenvalue weighted by Crippen LogP contribution is -2.37. The van der Waals surface area contributed by atoms with Crippen molar-refractivity contribution < 1.29 is 4.79 Å². The fourth-order valence-corrected chi connectivity index (χ4v) is 2.48. The zero-order chi connectivity index (χ0) is 16.2. The highest BCUT2D eigenvalue weighted by Crippen LogP contribution is 2.15. The summed E-state index contributed by atoms with van der Waals surface area (Å²) in [5.41, 5.74) is 4.14. The van der Waals surface area contributed by atoms with Gasteiger partial charge in [0.25, 0.3) is 0 Å². The molecule has 23 heavy (non-hydrogen) atoms. The van der Waals surface area contributed by atoms with Crippen LogP contribution >= 0.6 is 0 Å². The van der Waals surface area contributed by atoms with Gasteiger partial charge in [0.2, 0.25) is 0 Å². The molecular weight excluding hydrogens is 288 g/mol. The molecule has 0 aliphatic carbocycles. The van der Waals surface area contributed by atoms with E-state index in [1.807, 2.05) is 62.4 Å². The van der Waals surface area contributed by atoms with Gasteiger partial charge in [0.05, 0.1) is 17.1 Å². The summed E-state index contributed by atoms with van der Waals surface area (Å²) in [4.78, 5) is 19.8. The second-order valence-electron chi connectivity index (χ2n) is 5.61. The van der Waals surface area contributed by atoms with E-state index in [-0.39, 0.29) is 12.1 Å². The predicted molar refractivity (Wildman–Crippen MR) is 91.1 cm³/mol. The van der Waals surface area contributed by atoms with Crippen LogP contribution in [0, 0.1) is 6.92 Å². The Kier molecular flexibility index (Phi) is 4.28. The number of carbonyl (C=O) groups excluding carboxylic acids is 1. The van der Waals surface area contributed by atoms with Gasteiger partial charge in [-0.1, -0.05) is 36.4 Å². The molecule has 0 radical (unpaired) electrons. The molecule has 5 nitrogen and oxygen atoms in total.